The molecule has 0 bridgehead atoms. The summed E-state index contributed by atoms with van der Waals surface area (Å²) in [5, 5.41) is 10.3. The van der Waals surface area contributed by atoms with Gasteiger partial charge in [-0.15, -0.1) is 0 Å². The Morgan fingerprint density at radius 3 is 2.53 bits per heavy atom. The van der Waals surface area contributed by atoms with E-state index < -0.39 is 5.60 Å². The van der Waals surface area contributed by atoms with Crippen LogP contribution in [0.25, 0.3) is 0 Å². The molecule has 0 heterocycles. The van der Waals surface area contributed by atoms with Crippen molar-refractivity contribution in [3.8, 4) is 0 Å². The van der Waals surface area contributed by atoms with Gasteiger partial charge in [0.15, 0.2) is 0 Å². The first-order valence-corrected chi connectivity index (χ1v) is 5.47. The number of anilines is 1. The second kappa shape index (κ2) is 4.67. The van der Waals surface area contributed by atoms with Gasteiger partial charge in [-0.2, -0.15) is 0 Å². The fourth-order valence-electron chi connectivity index (χ4n) is 1.75. The molecule has 0 amide bonds. The van der Waals surface area contributed by atoms with Gasteiger partial charge in [-0.05, 0) is 31.0 Å². The van der Waals surface area contributed by atoms with Crippen LogP contribution < -0.4 is 4.90 Å². The number of benzene rings is 1. The molecule has 84 valence electrons. The average Bonchev–Trinajstić information content (AvgIpc) is 2.18. The highest BCUT2D eigenvalue weighted by molar-refractivity contribution is 5.48. The van der Waals surface area contributed by atoms with Crippen molar-refractivity contribution in [2.45, 2.75) is 32.3 Å². The summed E-state index contributed by atoms with van der Waals surface area (Å²) in [7, 11) is 4.02. The van der Waals surface area contributed by atoms with Gasteiger partial charge in [0, 0.05) is 19.8 Å². The third-order valence-corrected chi connectivity index (χ3v) is 2.72. The first kappa shape index (κ1) is 12.1. The molecule has 0 aromatic heterocycles. The molecule has 0 fully saturated rings. The molecule has 1 rings (SSSR count). The molecular weight excluding hydrogens is 186 g/mol. The quantitative estimate of drug-likeness (QED) is 0.820. The van der Waals surface area contributed by atoms with Crippen LogP contribution in [0.1, 0.15) is 32.3 Å². The Hall–Kier alpha value is -1.02. The number of rotatable bonds is 4. The maximum Gasteiger partial charge on any atom is 0.0869 e. The molecule has 2 nitrogen and oxygen atoms in total. The third-order valence-electron chi connectivity index (χ3n) is 2.72. The van der Waals surface area contributed by atoms with Gasteiger partial charge in [0.1, 0.15) is 0 Å². The monoisotopic (exact) mass is 207 g/mol. The van der Waals surface area contributed by atoms with E-state index in [0.717, 1.165) is 24.1 Å². The van der Waals surface area contributed by atoms with Gasteiger partial charge >= 0.3 is 0 Å². The Morgan fingerprint density at radius 1 is 1.33 bits per heavy atom. The summed E-state index contributed by atoms with van der Waals surface area (Å²) in [6, 6.07) is 8.08. The largest absolute Gasteiger partial charge is 0.385 e. The minimum atomic E-state index is -0.708. The molecule has 0 aliphatic heterocycles. The van der Waals surface area contributed by atoms with Crippen LogP contribution in [-0.4, -0.2) is 19.2 Å². The number of nitrogens with zero attached hydrogens (tertiary/aromatic N) is 1. The van der Waals surface area contributed by atoms with Crippen molar-refractivity contribution in [2.24, 2.45) is 0 Å². The number of hydrogen-bond donors (Lipinski definition) is 1. The molecule has 0 aliphatic carbocycles. The van der Waals surface area contributed by atoms with E-state index in [-0.39, 0.29) is 0 Å². The zero-order valence-corrected chi connectivity index (χ0v) is 10.1. The highest BCUT2D eigenvalue weighted by Crippen LogP contribution is 2.28. The highest BCUT2D eigenvalue weighted by Gasteiger charge is 2.21. The zero-order chi connectivity index (χ0) is 11.5. The topological polar surface area (TPSA) is 23.5 Å². The van der Waals surface area contributed by atoms with E-state index in [9.17, 15) is 5.11 Å². The molecule has 1 aromatic rings. The molecule has 1 aromatic carbocycles. The molecule has 0 spiro atoms. The lowest BCUT2D eigenvalue weighted by Gasteiger charge is -2.25. The van der Waals surface area contributed by atoms with E-state index in [2.05, 4.69) is 13.0 Å². The molecule has 2 heteroatoms. The maximum atomic E-state index is 10.3. The molecule has 0 saturated heterocycles. The molecule has 15 heavy (non-hydrogen) atoms. The summed E-state index contributed by atoms with van der Waals surface area (Å²) < 4.78 is 0. The van der Waals surface area contributed by atoms with Crippen LogP contribution in [0.15, 0.2) is 24.3 Å². The smallest absolute Gasteiger partial charge is 0.0869 e. The molecule has 0 unspecified atom stereocenters. The van der Waals surface area contributed by atoms with Gasteiger partial charge < -0.3 is 10.0 Å². The van der Waals surface area contributed by atoms with E-state index >= 15 is 0 Å². The van der Waals surface area contributed by atoms with Gasteiger partial charge in [0.2, 0.25) is 0 Å². The van der Waals surface area contributed by atoms with Crippen molar-refractivity contribution in [3.05, 3.63) is 29.8 Å². The van der Waals surface area contributed by atoms with Crippen LogP contribution in [0, 0.1) is 0 Å². The third kappa shape index (κ3) is 2.96. The van der Waals surface area contributed by atoms with E-state index in [4.69, 9.17) is 0 Å². The van der Waals surface area contributed by atoms with Gasteiger partial charge in [-0.1, -0.05) is 25.5 Å². The molecular formula is C13H21NO. The second-order valence-electron chi connectivity index (χ2n) is 4.47. The van der Waals surface area contributed by atoms with Gasteiger partial charge in [-0.25, -0.2) is 0 Å². The predicted molar refractivity (Wildman–Crippen MR) is 65.2 cm³/mol. The van der Waals surface area contributed by atoms with Crippen molar-refractivity contribution in [3.63, 3.8) is 0 Å². The molecule has 0 radical (unpaired) electrons. The standard InChI is InChI=1S/C13H21NO/c1-5-9-13(2,15)11-7-6-8-12(10-11)14(3)4/h6-8,10,15H,5,9H2,1-4H3/t13-/m1/s1. The SMILES string of the molecule is CCC[C@@](C)(O)c1cccc(N(C)C)c1. The van der Waals surface area contributed by atoms with Crippen molar-refractivity contribution >= 4 is 5.69 Å². The summed E-state index contributed by atoms with van der Waals surface area (Å²) in [5.74, 6) is 0. The lowest BCUT2D eigenvalue weighted by Crippen LogP contribution is -2.21. The number of aliphatic hydroxyl groups is 1. The van der Waals surface area contributed by atoms with Crippen LogP contribution >= 0.6 is 0 Å². The van der Waals surface area contributed by atoms with Gasteiger partial charge in [-0.3, -0.25) is 0 Å². The lowest BCUT2D eigenvalue weighted by molar-refractivity contribution is 0.0470. The van der Waals surface area contributed by atoms with E-state index in [0.29, 0.717) is 0 Å². The zero-order valence-electron chi connectivity index (χ0n) is 10.1. The van der Waals surface area contributed by atoms with Crippen LogP contribution in [0.4, 0.5) is 5.69 Å². The Bertz CT molecular complexity index is 318. The predicted octanol–water partition coefficient (Wildman–Crippen LogP) is 2.76. The first-order valence-electron chi connectivity index (χ1n) is 5.47. The van der Waals surface area contributed by atoms with Gasteiger partial charge in [0.05, 0.1) is 5.60 Å². The Balaban J connectivity index is 2.99. The summed E-state index contributed by atoms with van der Waals surface area (Å²) in [6.45, 7) is 3.97. The molecule has 1 N–H and O–H groups in total. The average molecular weight is 207 g/mol. The van der Waals surface area contributed by atoms with Gasteiger partial charge in [0.25, 0.3) is 0 Å². The molecule has 0 saturated carbocycles. The van der Waals surface area contributed by atoms with Crippen LogP contribution in [-0.2, 0) is 5.60 Å². The summed E-state index contributed by atoms with van der Waals surface area (Å²) in [6.07, 6.45) is 1.78. The van der Waals surface area contributed by atoms with Crippen molar-refractivity contribution in [2.75, 3.05) is 19.0 Å². The number of hydrogen-bond acceptors (Lipinski definition) is 2. The van der Waals surface area contributed by atoms with Crippen molar-refractivity contribution in [1.29, 1.82) is 0 Å². The first-order chi connectivity index (χ1) is 6.97. The fourth-order valence-corrected chi connectivity index (χ4v) is 1.75. The minimum Gasteiger partial charge on any atom is -0.385 e. The Labute approximate surface area is 92.5 Å². The van der Waals surface area contributed by atoms with Crippen LogP contribution in [0.3, 0.4) is 0 Å². The maximum absolute atomic E-state index is 10.3. The summed E-state index contributed by atoms with van der Waals surface area (Å²) in [4.78, 5) is 2.05. The normalized spacial score (nSPS) is 14.7. The fraction of sp³-hybridized carbons (Fsp3) is 0.538. The minimum absolute atomic E-state index is 0.708. The summed E-state index contributed by atoms with van der Waals surface area (Å²) >= 11 is 0. The van der Waals surface area contributed by atoms with Crippen molar-refractivity contribution < 1.29 is 5.11 Å². The van der Waals surface area contributed by atoms with E-state index in [1.807, 2.05) is 44.1 Å². The molecule has 0 aliphatic rings. The second-order valence-corrected chi connectivity index (χ2v) is 4.47. The lowest BCUT2D eigenvalue weighted by atomic mass is 9.91. The van der Waals surface area contributed by atoms with Crippen molar-refractivity contribution in [1.82, 2.24) is 0 Å². The Morgan fingerprint density at radius 2 is 2.00 bits per heavy atom. The Kier molecular flexibility index (Phi) is 3.75. The molecule has 1 atom stereocenters. The van der Waals surface area contributed by atoms with Crippen LogP contribution in [0.5, 0.6) is 0 Å². The highest BCUT2D eigenvalue weighted by atomic mass is 16.3. The van der Waals surface area contributed by atoms with Crippen LogP contribution in [0.2, 0.25) is 0 Å². The van der Waals surface area contributed by atoms with E-state index in [1.54, 1.807) is 0 Å². The summed E-state index contributed by atoms with van der Waals surface area (Å²) in [5.41, 5.74) is 1.42. The van der Waals surface area contributed by atoms with E-state index in [1.165, 1.54) is 0 Å².